The normalized spacial score (nSPS) is 14.2. The van der Waals surface area contributed by atoms with E-state index < -0.39 is 49.1 Å². The van der Waals surface area contributed by atoms with Crippen molar-refractivity contribution in [2.75, 3.05) is 19.5 Å². The first-order chi connectivity index (χ1) is 19.0. The van der Waals surface area contributed by atoms with E-state index in [0.717, 1.165) is 18.0 Å². The molecule has 0 unspecified atom stereocenters. The minimum atomic E-state index is -2.80. The maximum atomic E-state index is 15.4. The molecule has 3 atom stereocenters. The summed E-state index contributed by atoms with van der Waals surface area (Å²) in [6, 6.07) is 6.04. The summed E-state index contributed by atoms with van der Waals surface area (Å²) in [4.78, 5) is 35.9. The summed E-state index contributed by atoms with van der Waals surface area (Å²) < 4.78 is 32.0. The number of imidazole rings is 1. The number of rotatable bonds is 12. The van der Waals surface area contributed by atoms with Crippen LogP contribution in [0.2, 0.25) is 5.28 Å². The molecule has 212 valence electrons. The van der Waals surface area contributed by atoms with Crippen LogP contribution in [0.15, 0.2) is 35.0 Å². The molecule has 0 fully saturated rings. The molecule has 0 amide bonds. The standard InChI is InChI=1S/C23H23ClFN7O8/c1-10-30-31-19(40-10)12-5-3-11(4-6-12)7-23(20(34)35,21(36)37)39-8-13(38-2)15(33)16(25)32-9-27-14-17(26)28-22(24)29-18(14)32/h3-6,9,13,15-16,33H,7-8H2,1-2H3,(H,34,35)(H,36,37)(H2,26,28,29)/t13-,15-,16-/m1/s1. The minimum Gasteiger partial charge on any atom is -0.479 e. The number of aromatic nitrogens is 6. The number of carbonyl (C=O) groups is 2. The Morgan fingerprint density at radius 1 is 1.20 bits per heavy atom. The average molecular weight is 580 g/mol. The van der Waals surface area contributed by atoms with Crippen LogP contribution in [0.3, 0.4) is 0 Å². The second-order valence-corrected chi connectivity index (χ2v) is 8.93. The quantitative estimate of drug-likeness (QED) is 0.138. The lowest BCUT2D eigenvalue weighted by Gasteiger charge is -2.30. The lowest BCUT2D eigenvalue weighted by atomic mass is 9.93. The van der Waals surface area contributed by atoms with E-state index in [2.05, 4.69) is 25.1 Å². The van der Waals surface area contributed by atoms with Gasteiger partial charge in [0.05, 0.1) is 12.9 Å². The van der Waals surface area contributed by atoms with Crippen molar-refractivity contribution in [2.24, 2.45) is 0 Å². The van der Waals surface area contributed by atoms with Crippen molar-refractivity contribution in [1.29, 1.82) is 0 Å². The Bertz CT molecular complexity index is 1520. The van der Waals surface area contributed by atoms with E-state index in [0.29, 0.717) is 11.5 Å². The summed E-state index contributed by atoms with van der Waals surface area (Å²) in [5, 5.41) is 37.8. The van der Waals surface area contributed by atoms with Crippen LogP contribution in [0, 0.1) is 6.92 Å². The minimum absolute atomic E-state index is 0.0282. The van der Waals surface area contributed by atoms with Crippen molar-refractivity contribution < 1.29 is 43.2 Å². The number of nitrogens with two attached hydrogens (primary N) is 1. The molecule has 4 aromatic rings. The van der Waals surface area contributed by atoms with Crippen LogP contribution in [0.5, 0.6) is 0 Å². The summed E-state index contributed by atoms with van der Waals surface area (Å²) in [5.41, 5.74) is 3.63. The predicted molar refractivity (Wildman–Crippen MR) is 134 cm³/mol. The molecule has 1 aromatic carbocycles. The molecule has 0 bridgehead atoms. The summed E-state index contributed by atoms with van der Waals surface area (Å²) in [6.45, 7) is 0.795. The van der Waals surface area contributed by atoms with Gasteiger partial charge in [-0.25, -0.2) is 19.0 Å². The molecule has 0 aliphatic carbocycles. The first kappa shape index (κ1) is 28.8. The molecular formula is C23H23ClFN7O8. The molecule has 3 heterocycles. The van der Waals surface area contributed by atoms with E-state index in [1.54, 1.807) is 19.1 Å². The number of aliphatic carboxylic acids is 2. The number of aliphatic hydroxyl groups excluding tert-OH is 1. The molecular weight excluding hydrogens is 557 g/mol. The summed E-state index contributed by atoms with van der Waals surface area (Å²) in [5.74, 6) is -3.19. The van der Waals surface area contributed by atoms with E-state index in [1.807, 2.05) is 0 Å². The molecule has 0 aliphatic rings. The highest BCUT2D eigenvalue weighted by atomic mass is 35.5. The van der Waals surface area contributed by atoms with Gasteiger partial charge in [-0.3, -0.25) is 4.57 Å². The number of hydrogen-bond acceptors (Lipinski definition) is 12. The van der Waals surface area contributed by atoms with Crippen molar-refractivity contribution in [3.8, 4) is 11.5 Å². The van der Waals surface area contributed by atoms with Crippen LogP contribution >= 0.6 is 11.6 Å². The van der Waals surface area contributed by atoms with Gasteiger partial charge in [-0.1, -0.05) is 12.1 Å². The maximum absolute atomic E-state index is 15.4. The number of hydrogen-bond donors (Lipinski definition) is 4. The number of nitrogens with zero attached hydrogens (tertiary/aromatic N) is 6. The highest BCUT2D eigenvalue weighted by molar-refractivity contribution is 6.28. The van der Waals surface area contributed by atoms with Gasteiger partial charge in [0.15, 0.2) is 11.5 Å². The van der Waals surface area contributed by atoms with Crippen LogP contribution < -0.4 is 5.73 Å². The van der Waals surface area contributed by atoms with E-state index >= 15 is 4.39 Å². The molecule has 4 rings (SSSR count). The third-order valence-corrected chi connectivity index (χ3v) is 6.19. The van der Waals surface area contributed by atoms with Gasteiger partial charge in [0, 0.05) is 26.0 Å². The van der Waals surface area contributed by atoms with E-state index in [-0.39, 0.29) is 33.7 Å². The third kappa shape index (κ3) is 5.55. The molecule has 15 nitrogen and oxygen atoms in total. The zero-order valence-electron chi connectivity index (χ0n) is 20.9. The Morgan fingerprint density at radius 3 is 2.45 bits per heavy atom. The smallest absolute Gasteiger partial charge is 0.348 e. The van der Waals surface area contributed by atoms with Crippen LogP contribution in [0.25, 0.3) is 22.6 Å². The lowest BCUT2D eigenvalue weighted by Crippen LogP contribution is -2.53. The number of aryl methyl sites for hydroxylation is 1. The number of methoxy groups -OCH3 is 1. The van der Waals surface area contributed by atoms with Crippen LogP contribution in [-0.2, 0) is 25.5 Å². The highest BCUT2D eigenvalue weighted by Crippen LogP contribution is 2.28. The van der Waals surface area contributed by atoms with Crippen LogP contribution in [0.1, 0.15) is 17.7 Å². The Kier molecular flexibility index (Phi) is 8.24. The van der Waals surface area contributed by atoms with Crippen LogP contribution in [-0.4, -0.2) is 88.5 Å². The topological polar surface area (TPSA) is 222 Å². The molecule has 40 heavy (non-hydrogen) atoms. The second-order valence-electron chi connectivity index (χ2n) is 8.59. The van der Waals surface area contributed by atoms with Gasteiger partial charge in [-0.15, -0.1) is 10.2 Å². The summed E-state index contributed by atoms with van der Waals surface area (Å²) in [7, 11) is 1.11. The molecule has 0 spiro atoms. The number of carboxylic acid groups (broad SMARTS) is 2. The summed E-state index contributed by atoms with van der Waals surface area (Å²) >= 11 is 5.80. The van der Waals surface area contributed by atoms with Gasteiger partial charge in [0.1, 0.15) is 17.7 Å². The Balaban J connectivity index is 1.53. The van der Waals surface area contributed by atoms with E-state index in [1.165, 1.54) is 12.1 Å². The zero-order valence-corrected chi connectivity index (χ0v) is 21.7. The molecule has 3 aromatic heterocycles. The Labute approximate surface area is 229 Å². The number of fused-ring (bicyclic) bond motifs is 1. The molecule has 17 heteroatoms. The zero-order chi connectivity index (χ0) is 29.2. The van der Waals surface area contributed by atoms with Gasteiger partial charge in [0.2, 0.25) is 23.4 Å². The van der Waals surface area contributed by atoms with Crippen LogP contribution in [0.4, 0.5) is 10.2 Å². The molecule has 0 saturated carbocycles. The fourth-order valence-corrected chi connectivity index (χ4v) is 4.02. The van der Waals surface area contributed by atoms with Crippen molar-refractivity contribution in [3.63, 3.8) is 0 Å². The molecule has 5 N–H and O–H groups in total. The van der Waals surface area contributed by atoms with Crippen molar-refractivity contribution in [1.82, 2.24) is 29.7 Å². The van der Waals surface area contributed by atoms with Gasteiger partial charge in [-0.05, 0) is 29.3 Å². The highest BCUT2D eigenvalue weighted by Gasteiger charge is 2.49. The SMILES string of the molecule is CO[C@H](COC(Cc1ccc(-c2nnc(C)o2)cc1)(C(=O)O)C(=O)O)[C@@H](O)[C@H](F)n1cnc2c(N)nc(Cl)nc21. The predicted octanol–water partition coefficient (Wildman–Crippen LogP) is 1.43. The second kappa shape index (κ2) is 11.5. The fraction of sp³-hybridized carbons (Fsp3) is 0.348. The Hall–Kier alpha value is -4.25. The first-order valence-corrected chi connectivity index (χ1v) is 11.8. The first-order valence-electron chi connectivity index (χ1n) is 11.5. The fourth-order valence-electron chi connectivity index (χ4n) is 3.85. The van der Waals surface area contributed by atoms with Gasteiger partial charge in [0.25, 0.3) is 5.60 Å². The third-order valence-electron chi connectivity index (χ3n) is 6.02. The monoisotopic (exact) mass is 579 g/mol. The number of carboxylic acids is 2. The van der Waals surface area contributed by atoms with Crippen molar-refractivity contribution >= 4 is 40.5 Å². The lowest BCUT2D eigenvalue weighted by molar-refractivity contribution is -0.192. The van der Waals surface area contributed by atoms with Gasteiger partial charge in [-0.2, -0.15) is 9.97 Å². The van der Waals surface area contributed by atoms with Gasteiger partial charge >= 0.3 is 11.9 Å². The summed E-state index contributed by atoms with van der Waals surface area (Å²) in [6.07, 6.45) is -5.38. The maximum Gasteiger partial charge on any atom is 0.348 e. The number of ether oxygens (including phenoxy) is 2. The van der Waals surface area contributed by atoms with Crippen molar-refractivity contribution in [3.05, 3.63) is 47.3 Å². The molecule has 0 radical (unpaired) electrons. The van der Waals surface area contributed by atoms with Gasteiger partial charge < -0.3 is 34.9 Å². The van der Waals surface area contributed by atoms with Crippen molar-refractivity contribution in [2.45, 2.75) is 37.4 Å². The molecule has 0 saturated heterocycles. The Morgan fingerprint density at radius 2 is 1.88 bits per heavy atom. The van der Waals surface area contributed by atoms with E-state index in [4.69, 9.17) is 31.2 Å². The number of nitrogen functional groups attached to an aromatic ring is 1. The number of benzene rings is 1. The average Bonchev–Trinajstić information content (AvgIpc) is 3.54. The number of aliphatic hydroxyl groups is 1. The number of halogens is 2. The largest absolute Gasteiger partial charge is 0.479 e. The van der Waals surface area contributed by atoms with E-state index in [9.17, 15) is 24.9 Å². The molecule has 0 aliphatic heterocycles. The number of anilines is 1. The number of alkyl halides is 1.